The highest BCUT2D eigenvalue weighted by Crippen LogP contribution is 2.51. The minimum atomic E-state index is -3.37. The van der Waals surface area contributed by atoms with Crippen molar-refractivity contribution in [3.05, 3.63) is 501 Å². The Labute approximate surface area is 799 Å². The molecule has 0 saturated heterocycles. The number of aryl methyl sites for hydroxylation is 4. The molecule has 136 heavy (non-hydrogen) atoms. The van der Waals surface area contributed by atoms with Crippen LogP contribution < -0.4 is 140 Å². The van der Waals surface area contributed by atoms with E-state index in [1.54, 1.807) is 0 Å². The number of rotatable bonds is 16. The van der Waals surface area contributed by atoms with Gasteiger partial charge in [-0.3, -0.25) is 0 Å². The SMILES string of the molecule is Cc1cccc(C)c1N1c2cc3c(cc2B2c4ccccc4N(c4ccccc4)c4cc([Si](c5ccccc5)(c5ccccc5)c5ccccc5)cc1c42)B1c2cc4c(cc2Oc2cc([Si](c5ccccc5)(c5ccccc5)c5ccccc5)cc(c21)O3)N(c1c(C)cccc1C)c1cc([Si](c2ccccc2)(c2ccccc2)c2ccccc2)cc2c1B4c1ccccc1N2c1ccccc1. The topological polar surface area (TPSA) is 31.4 Å². The van der Waals surface area contributed by atoms with Gasteiger partial charge in [-0.15, -0.1) is 0 Å². The quantitative estimate of drug-likeness (QED) is 0.0708. The number of para-hydroxylation sites is 6. The molecule has 20 aromatic carbocycles. The van der Waals surface area contributed by atoms with Crippen LogP contribution in [0.4, 0.5) is 68.2 Å². The van der Waals surface area contributed by atoms with Gasteiger partial charge < -0.3 is 29.1 Å². The van der Waals surface area contributed by atoms with Crippen LogP contribution in [0.1, 0.15) is 22.3 Å². The van der Waals surface area contributed by atoms with Gasteiger partial charge in [0.1, 0.15) is 23.0 Å². The maximum Gasteiger partial charge on any atom is 0.260 e. The Morgan fingerprint density at radius 2 is 0.404 bits per heavy atom. The predicted octanol–water partition coefficient (Wildman–Crippen LogP) is 15.9. The van der Waals surface area contributed by atoms with E-state index in [1.165, 1.54) is 112 Å². The van der Waals surface area contributed by atoms with Crippen LogP contribution in [-0.4, -0.2) is 44.4 Å². The van der Waals surface area contributed by atoms with Crippen molar-refractivity contribution < 1.29 is 9.47 Å². The first-order valence-electron chi connectivity index (χ1n) is 47.5. The van der Waals surface area contributed by atoms with Crippen molar-refractivity contribution in [3.8, 4) is 23.0 Å². The summed E-state index contributed by atoms with van der Waals surface area (Å²) in [5.41, 5.74) is 28.6. The van der Waals surface area contributed by atoms with Crippen LogP contribution in [0.5, 0.6) is 23.0 Å². The molecule has 0 aliphatic carbocycles. The molecule has 0 saturated carbocycles. The van der Waals surface area contributed by atoms with Gasteiger partial charge in [0.2, 0.25) is 0 Å². The number of hydrogen-bond donors (Lipinski definition) is 0. The van der Waals surface area contributed by atoms with Crippen LogP contribution in [0.15, 0.2) is 479 Å². The maximum atomic E-state index is 8.35. The highest BCUT2D eigenvalue weighted by molar-refractivity contribution is 7.22. The monoisotopic (exact) mass is 1780 g/mol. The fourth-order valence-electron chi connectivity index (χ4n) is 24.7. The van der Waals surface area contributed by atoms with Gasteiger partial charge >= 0.3 is 0 Å². The first-order chi connectivity index (χ1) is 67.2. The van der Waals surface area contributed by atoms with Crippen molar-refractivity contribution in [2.45, 2.75) is 27.7 Å². The lowest BCUT2D eigenvalue weighted by atomic mass is 9.29. The van der Waals surface area contributed by atoms with Crippen LogP contribution in [-0.2, 0) is 0 Å². The second-order valence-electron chi connectivity index (χ2n) is 37.3. The molecule has 6 aliphatic heterocycles. The third-order valence-corrected chi connectivity index (χ3v) is 44.4. The zero-order valence-electron chi connectivity index (χ0n) is 75.9. The van der Waals surface area contributed by atoms with Crippen LogP contribution in [0.3, 0.4) is 0 Å². The highest BCUT2D eigenvalue weighted by atomic mass is 28.3. The van der Waals surface area contributed by atoms with E-state index in [0.717, 1.165) is 113 Å². The lowest BCUT2D eigenvalue weighted by molar-refractivity contribution is 0.465. The Hall–Kier alpha value is -16.0. The molecule has 0 radical (unpaired) electrons. The van der Waals surface area contributed by atoms with Crippen molar-refractivity contribution in [2.24, 2.45) is 0 Å². The minimum absolute atomic E-state index is 0.290. The summed E-state index contributed by atoms with van der Waals surface area (Å²) in [6, 6.07) is 183. The van der Waals surface area contributed by atoms with Gasteiger partial charge in [0.25, 0.3) is 20.1 Å². The lowest BCUT2D eigenvalue weighted by Crippen LogP contribution is -2.75. The molecular weight excluding hydrogens is 1690 g/mol. The second kappa shape index (κ2) is 32.2. The van der Waals surface area contributed by atoms with Crippen molar-refractivity contribution in [1.29, 1.82) is 0 Å². The summed E-state index contributed by atoms with van der Waals surface area (Å²) < 4.78 is 16.7. The fraction of sp³-hybridized carbons (Fsp3) is 0.0323. The number of fused-ring (bicyclic) bond motifs is 12. The Morgan fingerprint density at radius 1 is 0.169 bits per heavy atom. The zero-order chi connectivity index (χ0) is 90.5. The normalized spacial score (nSPS) is 13.3. The molecule has 6 heterocycles. The van der Waals surface area contributed by atoms with Gasteiger partial charge in [-0.05, 0) is 229 Å². The summed E-state index contributed by atoms with van der Waals surface area (Å²) in [5, 5.41) is 15.3. The molecule has 0 spiro atoms. The molecular formula is C124H91B3N4O2Si3. The Bertz CT molecular complexity index is 7380. The molecule has 640 valence electrons. The largest absolute Gasteiger partial charge is 0.458 e. The average molecular weight is 1790 g/mol. The summed E-state index contributed by atoms with van der Waals surface area (Å²) in [5.74, 6) is 3.15. The minimum Gasteiger partial charge on any atom is -0.458 e. The molecule has 0 fully saturated rings. The molecule has 20 aromatic rings. The van der Waals surface area contributed by atoms with E-state index < -0.39 is 30.9 Å². The van der Waals surface area contributed by atoms with Gasteiger partial charge in [0.05, 0.1) is 11.4 Å². The molecule has 0 aromatic heterocycles. The number of nitrogens with zero attached hydrogens (tertiary/aromatic N) is 4. The number of ether oxygens (including phenoxy) is 2. The first-order valence-corrected chi connectivity index (χ1v) is 53.5. The number of hydrogen-bond acceptors (Lipinski definition) is 6. The fourth-order valence-corrected chi connectivity index (χ4v) is 39.1. The molecule has 6 aliphatic rings. The van der Waals surface area contributed by atoms with E-state index in [-0.39, 0.29) is 13.4 Å². The predicted molar refractivity (Wildman–Crippen MR) is 582 cm³/mol. The van der Waals surface area contributed by atoms with E-state index in [4.69, 9.17) is 9.47 Å². The zero-order valence-corrected chi connectivity index (χ0v) is 78.9. The molecule has 26 rings (SSSR count). The Kier molecular flexibility index (Phi) is 19.1. The van der Waals surface area contributed by atoms with E-state index in [1.807, 2.05) is 0 Å². The van der Waals surface area contributed by atoms with Crippen LogP contribution >= 0.6 is 0 Å². The van der Waals surface area contributed by atoms with Gasteiger partial charge in [0, 0.05) is 74.5 Å². The van der Waals surface area contributed by atoms with Crippen LogP contribution in [0, 0.1) is 27.7 Å². The average Bonchev–Trinajstić information content (AvgIpc) is 0.681. The van der Waals surface area contributed by atoms with Crippen molar-refractivity contribution >= 4 is 224 Å². The molecule has 0 bridgehead atoms. The third-order valence-electron chi connectivity index (χ3n) is 30.2. The van der Waals surface area contributed by atoms with E-state index >= 15 is 0 Å². The maximum absolute atomic E-state index is 8.35. The summed E-state index contributed by atoms with van der Waals surface area (Å²) in [4.78, 5) is 10.5. The molecule has 6 nitrogen and oxygen atoms in total. The smallest absolute Gasteiger partial charge is 0.260 e. The van der Waals surface area contributed by atoms with E-state index in [0.29, 0.717) is 0 Å². The first kappa shape index (κ1) is 80.9. The van der Waals surface area contributed by atoms with Crippen LogP contribution in [0.25, 0.3) is 0 Å². The summed E-state index contributed by atoms with van der Waals surface area (Å²) in [7, 11) is -10.0. The molecule has 0 N–H and O–H groups in total. The van der Waals surface area contributed by atoms with Gasteiger partial charge in [-0.25, -0.2) is 0 Å². The van der Waals surface area contributed by atoms with Gasteiger partial charge in [-0.2, -0.15) is 0 Å². The molecule has 12 heteroatoms. The molecule has 0 unspecified atom stereocenters. The van der Waals surface area contributed by atoms with E-state index in [9.17, 15) is 0 Å². The number of benzene rings is 20. The molecule has 0 atom stereocenters. The second-order valence-corrected chi connectivity index (χ2v) is 48.7. The van der Waals surface area contributed by atoms with Gasteiger partial charge in [-0.1, -0.05) is 394 Å². The van der Waals surface area contributed by atoms with Crippen molar-refractivity contribution in [2.75, 3.05) is 19.6 Å². The standard InChI is InChI=1S/C124H91B3N4O2Si3/c1-84-44-42-45-85(2)123(84)130-110-82-116-106(80-104(110)125-102-70-38-40-72-108(102)128(88-48-16-5-17-49-88)112-74-99(76-114(130)120(112)125)134(90-52-20-7-21-53-90,91-54-22-8-23-55-91)92-56-24-9-25-57-92)127-107-81-105-111(83-117(107)133-119-79-101(78-118(132-116)122(119)127)136(96-64-32-13-33-65-96,97-66-34-14-35-67-97)98-68-36-15-37-69-98)131(124-86(3)46-43-47-87(124)4)115-77-100(75-113-121(115)126(105)103-71-39-41-73-109(103)129(113)89-50-18-6-19-51-89)135(93-58-26-10-27-59-93,94-60-28-11-29-61-94)95-62-30-12-31-63-95/h5-83H,1-4H3. The van der Waals surface area contributed by atoms with Crippen molar-refractivity contribution in [3.63, 3.8) is 0 Å². The third kappa shape index (κ3) is 12.1. The van der Waals surface area contributed by atoms with Crippen molar-refractivity contribution in [1.82, 2.24) is 0 Å². The lowest BCUT2D eigenvalue weighted by Gasteiger charge is -2.47. The van der Waals surface area contributed by atoms with E-state index in [2.05, 4.69) is 527 Å². The summed E-state index contributed by atoms with van der Waals surface area (Å²) in [6.45, 7) is 8.21. The van der Waals surface area contributed by atoms with Crippen LogP contribution in [0.2, 0.25) is 0 Å². The van der Waals surface area contributed by atoms with Gasteiger partial charge in [0.15, 0.2) is 24.2 Å². The number of anilines is 12. The Morgan fingerprint density at radius 3 is 0.684 bits per heavy atom. The summed E-state index contributed by atoms with van der Waals surface area (Å²) in [6.07, 6.45) is 0. The summed E-state index contributed by atoms with van der Waals surface area (Å²) >= 11 is 0. The Balaban J connectivity index is 0.791. The highest BCUT2D eigenvalue weighted by Gasteiger charge is 2.55. The molecule has 0 amide bonds.